The second kappa shape index (κ2) is 8.48. The van der Waals surface area contributed by atoms with E-state index in [4.69, 9.17) is 11.1 Å². The summed E-state index contributed by atoms with van der Waals surface area (Å²) in [7, 11) is -3.98. The number of halogens is 3. The fourth-order valence-corrected chi connectivity index (χ4v) is 6.70. The molecule has 5 nitrogen and oxygen atoms in total. The van der Waals surface area contributed by atoms with Crippen LogP contribution in [0, 0.1) is 5.41 Å². The summed E-state index contributed by atoms with van der Waals surface area (Å²) < 4.78 is 65.2. The highest BCUT2D eigenvalue weighted by Gasteiger charge is 2.39. The van der Waals surface area contributed by atoms with Gasteiger partial charge in [-0.3, -0.25) is 10.2 Å². The Labute approximate surface area is 184 Å². The number of nitrogen functional groups attached to an aromatic ring is 1. The summed E-state index contributed by atoms with van der Waals surface area (Å²) in [6.07, 6.45) is -3.31. The molecule has 0 saturated heterocycles. The number of amidine groups is 1. The molecular weight excluding hydrogens is 469 g/mol. The SMILES string of the molecule is CSc1sc(C(=N)N)cc1S(=O)(=O)c1cccc(-c2cccc(C(=O)C(F)(F)F)c2)c1. The van der Waals surface area contributed by atoms with Crippen LogP contribution in [-0.2, 0) is 9.84 Å². The summed E-state index contributed by atoms with van der Waals surface area (Å²) in [5.41, 5.74) is 5.56. The van der Waals surface area contributed by atoms with Crippen LogP contribution >= 0.6 is 23.1 Å². The molecule has 0 aliphatic carbocycles. The number of nitrogens with one attached hydrogen (secondary N) is 1. The van der Waals surface area contributed by atoms with Gasteiger partial charge in [0.25, 0.3) is 5.78 Å². The van der Waals surface area contributed by atoms with E-state index in [1.54, 1.807) is 12.3 Å². The van der Waals surface area contributed by atoms with Gasteiger partial charge in [-0.1, -0.05) is 30.3 Å². The monoisotopic (exact) mass is 484 g/mol. The summed E-state index contributed by atoms with van der Waals surface area (Å²) in [5.74, 6) is -2.22. The number of thiophene rings is 1. The minimum Gasteiger partial charge on any atom is -0.383 e. The first-order valence-electron chi connectivity index (χ1n) is 8.54. The van der Waals surface area contributed by atoms with Gasteiger partial charge in [0.05, 0.1) is 18.9 Å². The van der Waals surface area contributed by atoms with Crippen molar-refractivity contribution < 1.29 is 26.4 Å². The zero-order valence-corrected chi connectivity index (χ0v) is 18.3. The first kappa shape index (κ1) is 23.0. The molecule has 2 aromatic carbocycles. The lowest BCUT2D eigenvalue weighted by atomic mass is 10.0. The van der Waals surface area contributed by atoms with E-state index in [0.717, 1.165) is 23.5 Å². The zero-order valence-electron chi connectivity index (χ0n) is 15.9. The number of nitrogens with two attached hydrogens (primary N) is 1. The number of ketones is 1. The molecule has 31 heavy (non-hydrogen) atoms. The molecule has 0 spiro atoms. The van der Waals surface area contributed by atoms with Gasteiger partial charge in [-0.2, -0.15) is 13.2 Å². The van der Waals surface area contributed by atoms with E-state index in [1.165, 1.54) is 48.2 Å². The molecule has 11 heteroatoms. The molecule has 0 radical (unpaired) electrons. The Morgan fingerprint density at radius 3 is 2.26 bits per heavy atom. The highest BCUT2D eigenvalue weighted by Crippen LogP contribution is 2.37. The number of hydrogen-bond donors (Lipinski definition) is 2. The van der Waals surface area contributed by atoms with E-state index in [9.17, 15) is 26.4 Å². The van der Waals surface area contributed by atoms with Gasteiger partial charge in [-0.25, -0.2) is 8.42 Å². The van der Waals surface area contributed by atoms with Gasteiger partial charge in [0.1, 0.15) is 5.84 Å². The molecule has 0 bridgehead atoms. The summed E-state index contributed by atoms with van der Waals surface area (Å²) in [6.45, 7) is 0. The van der Waals surface area contributed by atoms with E-state index in [1.807, 2.05) is 0 Å². The van der Waals surface area contributed by atoms with Gasteiger partial charge in [0, 0.05) is 5.56 Å². The van der Waals surface area contributed by atoms with Crippen molar-refractivity contribution in [2.24, 2.45) is 5.73 Å². The Bertz CT molecular complexity index is 1280. The Morgan fingerprint density at radius 2 is 1.68 bits per heavy atom. The molecule has 0 amide bonds. The molecular formula is C20H15F3N2O3S3. The highest BCUT2D eigenvalue weighted by atomic mass is 32.2. The van der Waals surface area contributed by atoms with Crippen LogP contribution in [0.4, 0.5) is 13.2 Å². The van der Waals surface area contributed by atoms with E-state index in [0.29, 0.717) is 14.6 Å². The molecule has 3 aromatic rings. The lowest BCUT2D eigenvalue weighted by Gasteiger charge is -2.09. The van der Waals surface area contributed by atoms with Crippen LogP contribution in [0.25, 0.3) is 11.1 Å². The summed E-state index contributed by atoms with van der Waals surface area (Å²) in [6, 6.07) is 12.0. The van der Waals surface area contributed by atoms with E-state index in [-0.39, 0.29) is 21.2 Å². The molecule has 0 atom stereocenters. The van der Waals surface area contributed by atoms with E-state index < -0.39 is 27.4 Å². The Kier molecular flexibility index (Phi) is 6.30. The second-order valence-electron chi connectivity index (χ2n) is 6.32. The molecule has 0 aliphatic heterocycles. The fourth-order valence-electron chi connectivity index (χ4n) is 2.79. The Balaban J connectivity index is 2.07. The van der Waals surface area contributed by atoms with Crippen LogP contribution in [0.2, 0.25) is 0 Å². The number of thioether (sulfide) groups is 1. The van der Waals surface area contributed by atoms with Crippen molar-refractivity contribution in [1.82, 2.24) is 0 Å². The largest absolute Gasteiger partial charge is 0.454 e. The Hall–Kier alpha value is -2.63. The van der Waals surface area contributed by atoms with Crippen molar-refractivity contribution in [2.75, 3.05) is 6.26 Å². The first-order valence-corrected chi connectivity index (χ1v) is 12.1. The van der Waals surface area contributed by atoms with Crippen LogP contribution in [0.5, 0.6) is 0 Å². The topological polar surface area (TPSA) is 101 Å². The summed E-state index contributed by atoms with van der Waals surface area (Å²) in [4.78, 5) is 11.8. The van der Waals surface area contributed by atoms with Crippen LogP contribution in [0.3, 0.4) is 0 Å². The number of hydrogen-bond acceptors (Lipinski definition) is 6. The molecule has 0 fully saturated rings. The quantitative estimate of drug-likeness (QED) is 0.222. The second-order valence-corrected chi connectivity index (χ2v) is 10.4. The number of carbonyl (C=O) groups excluding carboxylic acids is 1. The standard InChI is InChI=1S/C20H15F3N2O3S3/c1-29-19-16(10-15(30-19)18(24)25)31(27,28)14-7-3-5-12(9-14)11-4-2-6-13(8-11)17(26)20(21,22)23/h2-10H,1H3,(H3,24,25). The third-order valence-electron chi connectivity index (χ3n) is 4.27. The zero-order chi connectivity index (χ0) is 23.0. The number of alkyl halides is 3. The van der Waals surface area contributed by atoms with Gasteiger partial charge in [0.15, 0.2) is 0 Å². The molecule has 3 N–H and O–H groups in total. The molecule has 0 aliphatic rings. The van der Waals surface area contributed by atoms with Crippen molar-refractivity contribution >= 4 is 44.6 Å². The summed E-state index contributed by atoms with van der Waals surface area (Å²) in [5, 5.41) is 7.55. The third-order valence-corrected chi connectivity index (χ3v) is 8.60. The minimum absolute atomic E-state index is 0.00773. The van der Waals surface area contributed by atoms with Gasteiger partial charge in [-0.05, 0) is 41.6 Å². The van der Waals surface area contributed by atoms with Crippen molar-refractivity contribution in [3.05, 3.63) is 65.0 Å². The third kappa shape index (κ3) is 4.68. The molecule has 3 rings (SSSR count). The van der Waals surface area contributed by atoms with E-state index in [2.05, 4.69) is 0 Å². The average molecular weight is 485 g/mol. The maximum atomic E-state index is 13.2. The molecule has 0 saturated carbocycles. The van der Waals surface area contributed by atoms with Gasteiger partial charge in [-0.15, -0.1) is 23.1 Å². The van der Waals surface area contributed by atoms with Gasteiger partial charge in [0.2, 0.25) is 9.84 Å². The van der Waals surface area contributed by atoms with E-state index >= 15 is 0 Å². The predicted molar refractivity (Wildman–Crippen MR) is 115 cm³/mol. The number of Topliss-reactive ketones (excluding diaryl/α,β-unsaturated/α-hetero) is 1. The lowest BCUT2D eigenvalue weighted by molar-refractivity contribution is -0.0885. The van der Waals surface area contributed by atoms with Gasteiger partial charge >= 0.3 is 6.18 Å². The van der Waals surface area contributed by atoms with Crippen molar-refractivity contribution in [1.29, 1.82) is 5.41 Å². The number of sulfone groups is 1. The number of carbonyl (C=O) groups is 1. The number of benzene rings is 2. The van der Waals surface area contributed by atoms with Crippen molar-refractivity contribution in [2.45, 2.75) is 20.2 Å². The maximum absolute atomic E-state index is 13.2. The van der Waals surface area contributed by atoms with Crippen molar-refractivity contribution in [3.8, 4) is 11.1 Å². The normalized spacial score (nSPS) is 12.0. The van der Waals surface area contributed by atoms with Crippen LogP contribution < -0.4 is 5.73 Å². The minimum atomic E-state index is -5.01. The predicted octanol–water partition coefficient (Wildman–Crippen LogP) is 5.00. The van der Waals surface area contributed by atoms with Gasteiger partial charge < -0.3 is 5.73 Å². The maximum Gasteiger partial charge on any atom is 0.454 e. The van der Waals surface area contributed by atoms with Crippen LogP contribution in [-0.4, -0.2) is 32.5 Å². The molecule has 1 heterocycles. The first-order chi connectivity index (χ1) is 14.4. The van der Waals surface area contributed by atoms with Crippen molar-refractivity contribution in [3.63, 3.8) is 0 Å². The molecule has 162 valence electrons. The van der Waals surface area contributed by atoms with Crippen LogP contribution in [0.1, 0.15) is 15.2 Å². The Morgan fingerprint density at radius 1 is 1.06 bits per heavy atom. The van der Waals surface area contributed by atoms with Crippen LogP contribution in [0.15, 0.2) is 68.6 Å². The lowest BCUT2D eigenvalue weighted by Crippen LogP contribution is -2.22. The smallest absolute Gasteiger partial charge is 0.383 e. The fraction of sp³-hybridized carbons (Fsp3) is 0.100. The molecule has 1 aromatic heterocycles. The average Bonchev–Trinajstić information content (AvgIpc) is 3.18. The highest BCUT2D eigenvalue weighted by molar-refractivity contribution is 8.01. The summed E-state index contributed by atoms with van der Waals surface area (Å²) >= 11 is 2.29. The number of rotatable bonds is 6. The molecule has 0 unspecified atom stereocenters.